The Hall–Kier alpha value is -2.83. The smallest absolute Gasteiger partial charge is 0.261 e. The highest BCUT2D eigenvalue weighted by Crippen LogP contribution is 2.32. The number of nitrogens with one attached hydrogen (secondary N) is 1. The predicted octanol–water partition coefficient (Wildman–Crippen LogP) is 4.34. The first-order valence-electron chi connectivity index (χ1n) is 8.73. The number of para-hydroxylation sites is 1. The summed E-state index contributed by atoms with van der Waals surface area (Å²) in [5.74, 6) is -0.0934. The van der Waals surface area contributed by atoms with Crippen molar-refractivity contribution in [3.63, 3.8) is 0 Å². The maximum atomic E-state index is 12.8. The SMILES string of the molecule is O=C(c1ccccc1)N1CCc2cc(S(=O)(=O)Nc3ccccc3Cl)ccc21. The number of amides is 1. The van der Waals surface area contributed by atoms with Crippen LogP contribution in [0, 0.1) is 0 Å². The maximum Gasteiger partial charge on any atom is 0.261 e. The number of sulfonamides is 1. The number of hydrogen-bond acceptors (Lipinski definition) is 3. The Bertz CT molecular complexity index is 1150. The molecule has 142 valence electrons. The van der Waals surface area contributed by atoms with Gasteiger partial charge in [0.05, 0.1) is 15.6 Å². The van der Waals surface area contributed by atoms with E-state index in [0.717, 1.165) is 11.3 Å². The van der Waals surface area contributed by atoms with Gasteiger partial charge in [0, 0.05) is 17.8 Å². The summed E-state index contributed by atoms with van der Waals surface area (Å²) in [6.45, 7) is 0.518. The highest BCUT2D eigenvalue weighted by atomic mass is 35.5. The molecule has 3 aromatic rings. The third kappa shape index (κ3) is 3.48. The molecule has 28 heavy (non-hydrogen) atoms. The highest BCUT2D eigenvalue weighted by Gasteiger charge is 2.27. The van der Waals surface area contributed by atoms with Crippen LogP contribution in [-0.2, 0) is 16.4 Å². The first-order chi connectivity index (χ1) is 13.5. The molecule has 0 aliphatic carbocycles. The van der Waals surface area contributed by atoms with Gasteiger partial charge in [-0.05, 0) is 54.4 Å². The van der Waals surface area contributed by atoms with Crippen LogP contribution in [0.25, 0.3) is 0 Å². The zero-order valence-electron chi connectivity index (χ0n) is 14.8. The second-order valence-electron chi connectivity index (χ2n) is 6.45. The van der Waals surface area contributed by atoms with Gasteiger partial charge >= 0.3 is 0 Å². The Morgan fingerprint density at radius 3 is 2.43 bits per heavy atom. The number of anilines is 2. The van der Waals surface area contributed by atoms with Crippen LogP contribution in [0.4, 0.5) is 11.4 Å². The van der Waals surface area contributed by atoms with Gasteiger partial charge in [0.15, 0.2) is 0 Å². The quantitative estimate of drug-likeness (QED) is 0.693. The van der Waals surface area contributed by atoms with E-state index in [9.17, 15) is 13.2 Å². The Balaban J connectivity index is 1.62. The second-order valence-corrected chi connectivity index (χ2v) is 8.54. The van der Waals surface area contributed by atoms with E-state index in [2.05, 4.69) is 4.72 Å². The number of nitrogens with zero attached hydrogens (tertiary/aromatic N) is 1. The lowest BCUT2D eigenvalue weighted by molar-refractivity contribution is 0.0989. The topological polar surface area (TPSA) is 66.5 Å². The number of halogens is 1. The van der Waals surface area contributed by atoms with E-state index in [-0.39, 0.29) is 10.8 Å². The van der Waals surface area contributed by atoms with E-state index >= 15 is 0 Å². The lowest BCUT2D eigenvalue weighted by Gasteiger charge is -2.18. The molecule has 0 spiro atoms. The van der Waals surface area contributed by atoms with Gasteiger partial charge in [-0.3, -0.25) is 9.52 Å². The minimum atomic E-state index is -3.79. The van der Waals surface area contributed by atoms with E-state index in [1.807, 2.05) is 18.2 Å². The standard InChI is InChI=1S/C21H17ClN2O3S/c22-18-8-4-5-9-19(18)23-28(26,27)17-10-11-20-16(14-17)12-13-24(20)21(25)15-6-2-1-3-7-15/h1-11,14,23H,12-13H2. The van der Waals surface area contributed by atoms with Gasteiger partial charge in [0.1, 0.15) is 0 Å². The van der Waals surface area contributed by atoms with E-state index in [0.29, 0.717) is 29.2 Å². The minimum Gasteiger partial charge on any atom is -0.308 e. The molecule has 0 bridgehead atoms. The molecule has 0 aromatic heterocycles. The molecule has 0 saturated heterocycles. The van der Waals surface area contributed by atoms with Crippen LogP contribution < -0.4 is 9.62 Å². The Morgan fingerprint density at radius 2 is 1.68 bits per heavy atom. The van der Waals surface area contributed by atoms with Crippen molar-refractivity contribution in [2.24, 2.45) is 0 Å². The van der Waals surface area contributed by atoms with Crippen LogP contribution in [0.2, 0.25) is 5.02 Å². The Labute approximate surface area is 168 Å². The summed E-state index contributed by atoms with van der Waals surface area (Å²) in [7, 11) is -3.79. The molecule has 0 atom stereocenters. The van der Waals surface area contributed by atoms with Crippen LogP contribution >= 0.6 is 11.6 Å². The molecule has 1 N–H and O–H groups in total. The fraction of sp³-hybridized carbons (Fsp3) is 0.0952. The van der Waals surface area contributed by atoms with Crippen molar-refractivity contribution in [2.45, 2.75) is 11.3 Å². The first kappa shape index (κ1) is 18.5. The van der Waals surface area contributed by atoms with Crippen molar-refractivity contribution in [3.05, 3.63) is 88.9 Å². The van der Waals surface area contributed by atoms with E-state index in [1.165, 1.54) is 6.07 Å². The van der Waals surface area contributed by atoms with Crippen LogP contribution in [-0.4, -0.2) is 20.9 Å². The third-order valence-electron chi connectivity index (χ3n) is 4.64. The second kappa shape index (κ2) is 7.30. The fourth-order valence-electron chi connectivity index (χ4n) is 3.24. The summed E-state index contributed by atoms with van der Waals surface area (Å²) in [4.78, 5) is 14.6. The number of hydrogen-bond donors (Lipinski definition) is 1. The van der Waals surface area contributed by atoms with Gasteiger partial charge in [0.2, 0.25) is 0 Å². The molecule has 1 aliphatic heterocycles. The number of fused-ring (bicyclic) bond motifs is 1. The van der Waals surface area contributed by atoms with Crippen molar-refractivity contribution in [1.29, 1.82) is 0 Å². The lowest BCUT2D eigenvalue weighted by atomic mass is 10.1. The summed E-state index contributed by atoms with van der Waals surface area (Å²) in [6.07, 6.45) is 0.601. The average molecular weight is 413 g/mol. The highest BCUT2D eigenvalue weighted by molar-refractivity contribution is 7.92. The van der Waals surface area contributed by atoms with Crippen molar-refractivity contribution in [3.8, 4) is 0 Å². The van der Waals surface area contributed by atoms with Crippen LogP contribution in [0.5, 0.6) is 0 Å². The van der Waals surface area contributed by atoms with Gasteiger partial charge in [-0.25, -0.2) is 8.42 Å². The summed E-state index contributed by atoms with van der Waals surface area (Å²) in [5.41, 5.74) is 2.50. The minimum absolute atomic E-state index is 0.0934. The average Bonchev–Trinajstić information content (AvgIpc) is 3.13. The molecule has 0 fully saturated rings. The summed E-state index contributed by atoms with van der Waals surface area (Å²) >= 11 is 6.05. The van der Waals surface area contributed by atoms with Crippen molar-refractivity contribution >= 4 is 38.9 Å². The summed E-state index contributed by atoms with van der Waals surface area (Å²) in [5, 5.41) is 0.326. The van der Waals surface area contributed by atoms with Gasteiger partial charge in [-0.2, -0.15) is 0 Å². The summed E-state index contributed by atoms with van der Waals surface area (Å²) in [6, 6.07) is 20.5. The van der Waals surface area contributed by atoms with Crippen molar-refractivity contribution < 1.29 is 13.2 Å². The van der Waals surface area contributed by atoms with Crippen LogP contribution in [0.3, 0.4) is 0 Å². The fourth-order valence-corrected chi connectivity index (χ4v) is 4.61. The van der Waals surface area contributed by atoms with E-state index < -0.39 is 10.0 Å². The molecule has 3 aromatic carbocycles. The van der Waals surface area contributed by atoms with E-state index in [4.69, 9.17) is 11.6 Å². The largest absolute Gasteiger partial charge is 0.308 e. The monoisotopic (exact) mass is 412 g/mol. The maximum absolute atomic E-state index is 12.8. The predicted molar refractivity (Wildman–Crippen MR) is 111 cm³/mol. The molecular formula is C21H17ClN2O3S. The molecule has 0 saturated carbocycles. The number of rotatable bonds is 4. The molecular weight excluding hydrogens is 396 g/mol. The first-order valence-corrected chi connectivity index (χ1v) is 10.6. The van der Waals surface area contributed by atoms with Gasteiger partial charge in [-0.15, -0.1) is 0 Å². The van der Waals surface area contributed by atoms with Crippen LogP contribution in [0.15, 0.2) is 77.7 Å². The van der Waals surface area contributed by atoms with E-state index in [1.54, 1.807) is 53.4 Å². The zero-order chi connectivity index (χ0) is 19.7. The molecule has 4 rings (SSSR count). The normalized spacial score (nSPS) is 13.2. The molecule has 1 heterocycles. The number of carbonyl (C=O) groups is 1. The number of carbonyl (C=O) groups excluding carboxylic acids is 1. The zero-order valence-corrected chi connectivity index (χ0v) is 16.4. The van der Waals surface area contributed by atoms with Crippen molar-refractivity contribution in [2.75, 3.05) is 16.2 Å². The van der Waals surface area contributed by atoms with Gasteiger partial charge < -0.3 is 4.90 Å². The lowest BCUT2D eigenvalue weighted by Crippen LogP contribution is -2.28. The van der Waals surface area contributed by atoms with Gasteiger partial charge in [0.25, 0.3) is 15.9 Å². The van der Waals surface area contributed by atoms with Crippen LogP contribution in [0.1, 0.15) is 15.9 Å². The molecule has 1 aliphatic rings. The Morgan fingerprint density at radius 1 is 0.964 bits per heavy atom. The Kier molecular flexibility index (Phi) is 4.83. The molecule has 5 nitrogen and oxygen atoms in total. The van der Waals surface area contributed by atoms with Crippen molar-refractivity contribution in [1.82, 2.24) is 0 Å². The third-order valence-corrected chi connectivity index (χ3v) is 6.33. The summed E-state index contributed by atoms with van der Waals surface area (Å²) < 4.78 is 28.0. The molecule has 0 radical (unpaired) electrons. The molecule has 7 heteroatoms. The number of benzene rings is 3. The molecule has 0 unspecified atom stereocenters. The molecule has 1 amide bonds. The van der Waals surface area contributed by atoms with Gasteiger partial charge in [-0.1, -0.05) is 41.9 Å².